The molecule has 3 aromatic rings. The summed E-state index contributed by atoms with van der Waals surface area (Å²) in [4.78, 5) is 27.7. The minimum Gasteiger partial charge on any atom is -0.350 e. The first-order valence-electron chi connectivity index (χ1n) is 7.21. The van der Waals surface area contributed by atoms with Crippen LogP contribution in [0.15, 0.2) is 47.8 Å². The highest BCUT2D eigenvalue weighted by Crippen LogP contribution is 2.16. The Balaban J connectivity index is 1.67. The molecule has 0 fully saturated rings. The third-order valence-electron chi connectivity index (χ3n) is 3.29. The van der Waals surface area contributed by atoms with E-state index in [0.717, 1.165) is 12.1 Å². The summed E-state index contributed by atoms with van der Waals surface area (Å²) in [6.07, 6.45) is 2.80. The molecule has 10 heteroatoms. The van der Waals surface area contributed by atoms with Crippen molar-refractivity contribution in [2.45, 2.75) is 6.54 Å². The fourth-order valence-corrected chi connectivity index (χ4v) is 2.34. The number of halogens is 2. The SMILES string of the molecule is O=C(NCCn1nc(-n2cncn2)ccc1=O)c1ccc(F)cc1Cl. The van der Waals surface area contributed by atoms with Gasteiger partial charge < -0.3 is 5.32 Å². The topological polar surface area (TPSA) is 94.7 Å². The second-order valence-corrected chi connectivity index (χ2v) is 5.38. The van der Waals surface area contributed by atoms with E-state index in [1.54, 1.807) is 0 Å². The van der Waals surface area contributed by atoms with E-state index < -0.39 is 11.7 Å². The van der Waals surface area contributed by atoms with E-state index in [1.165, 1.54) is 40.2 Å². The summed E-state index contributed by atoms with van der Waals surface area (Å²) in [6, 6.07) is 6.37. The molecular weight excluding hydrogens is 351 g/mol. The predicted molar refractivity (Wildman–Crippen MR) is 87.2 cm³/mol. The number of aromatic nitrogens is 5. The molecule has 0 aliphatic heterocycles. The largest absolute Gasteiger partial charge is 0.350 e. The summed E-state index contributed by atoms with van der Waals surface area (Å²) < 4.78 is 15.6. The van der Waals surface area contributed by atoms with E-state index in [9.17, 15) is 14.0 Å². The van der Waals surface area contributed by atoms with Crippen LogP contribution in [0.3, 0.4) is 0 Å². The van der Waals surface area contributed by atoms with Crippen molar-refractivity contribution in [1.82, 2.24) is 29.9 Å². The Labute approximate surface area is 145 Å². The fraction of sp³-hybridized carbons (Fsp3) is 0.133. The number of carbonyl (C=O) groups is 1. The van der Waals surface area contributed by atoms with Crippen molar-refractivity contribution in [2.75, 3.05) is 6.54 Å². The molecule has 0 saturated carbocycles. The van der Waals surface area contributed by atoms with Crippen molar-refractivity contribution in [2.24, 2.45) is 0 Å². The van der Waals surface area contributed by atoms with E-state index in [4.69, 9.17) is 11.6 Å². The van der Waals surface area contributed by atoms with Crippen LogP contribution in [0.5, 0.6) is 0 Å². The molecule has 2 heterocycles. The van der Waals surface area contributed by atoms with Gasteiger partial charge in [0.05, 0.1) is 17.1 Å². The highest BCUT2D eigenvalue weighted by molar-refractivity contribution is 6.33. The second kappa shape index (κ2) is 7.22. The van der Waals surface area contributed by atoms with Crippen molar-refractivity contribution in [3.05, 3.63) is 69.7 Å². The van der Waals surface area contributed by atoms with Crippen LogP contribution in [0.1, 0.15) is 10.4 Å². The van der Waals surface area contributed by atoms with Gasteiger partial charge in [0.2, 0.25) is 0 Å². The summed E-state index contributed by atoms with van der Waals surface area (Å²) in [7, 11) is 0. The molecule has 8 nitrogen and oxygen atoms in total. The molecule has 3 rings (SSSR count). The van der Waals surface area contributed by atoms with Crippen molar-refractivity contribution in [3.8, 4) is 5.82 Å². The predicted octanol–water partition coefficient (Wildman–Crippen LogP) is 1.05. The molecule has 0 aliphatic carbocycles. The Bertz CT molecular complexity index is 957. The van der Waals surface area contributed by atoms with Crippen LogP contribution in [0, 0.1) is 5.82 Å². The van der Waals surface area contributed by atoms with Gasteiger partial charge in [0.25, 0.3) is 11.5 Å². The zero-order valence-corrected chi connectivity index (χ0v) is 13.5. The van der Waals surface area contributed by atoms with Gasteiger partial charge in [-0.1, -0.05) is 11.6 Å². The molecule has 1 aromatic carbocycles. The molecule has 0 saturated heterocycles. The third-order valence-corrected chi connectivity index (χ3v) is 3.60. The molecule has 0 unspecified atom stereocenters. The Morgan fingerprint density at radius 3 is 2.84 bits per heavy atom. The van der Waals surface area contributed by atoms with Crippen LogP contribution >= 0.6 is 11.6 Å². The minimum atomic E-state index is -0.526. The minimum absolute atomic E-state index is 0.0148. The van der Waals surface area contributed by atoms with Crippen molar-refractivity contribution >= 4 is 17.5 Å². The van der Waals surface area contributed by atoms with E-state index >= 15 is 0 Å². The lowest BCUT2D eigenvalue weighted by Gasteiger charge is -2.09. The van der Waals surface area contributed by atoms with Crippen LogP contribution < -0.4 is 10.9 Å². The average Bonchev–Trinajstić information content (AvgIpc) is 3.11. The lowest BCUT2D eigenvalue weighted by Crippen LogP contribution is -2.32. The number of hydrogen-bond acceptors (Lipinski definition) is 5. The molecular formula is C15H12ClFN6O2. The lowest BCUT2D eigenvalue weighted by atomic mass is 10.2. The molecule has 1 N–H and O–H groups in total. The van der Waals surface area contributed by atoms with Gasteiger partial charge in [-0.15, -0.1) is 5.10 Å². The Hall–Kier alpha value is -3.07. The summed E-state index contributed by atoms with van der Waals surface area (Å²) in [5, 5.41) is 10.7. The number of rotatable bonds is 5. The van der Waals surface area contributed by atoms with Crippen molar-refractivity contribution < 1.29 is 9.18 Å². The maximum atomic E-state index is 13.0. The smallest absolute Gasteiger partial charge is 0.266 e. The normalized spacial score (nSPS) is 10.6. The first-order chi connectivity index (χ1) is 12.0. The van der Waals surface area contributed by atoms with E-state index in [1.807, 2.05) is 0 Å². The van der Waals surface area contributed by atoms with Gasteiger partial charge in [0, 0.05) is 12.6 Å². The quantitative estimate of drug-likeness (QED) is 0.732. The van der Waals surface area contributed by atoms with E-state index in [0.29, 0.717) is 5.82 Å². The number of nitrogens with one attached hydrogen (secondary N) is 1. The summed E-state index contributed by atoms with van der Waals surface area (Å²) >= 11 is 5.84. The van der Waals surface area contributed by atoms with Gasteiger partial charge in [0.1, 0.15) is 18.5 Å². The first-order valence-corrected chi connectivity index (χ1v) is 7.59. The number of amides is 1. The van der Waals surface area contributed by atoms with Crippen molar-refractivity contribution in [3.63, 3.8) is 0 Å². The summed E-state index contributed by atoms with van der Waals surface area (Å²) in [5.41, 5.74) is -0.169. The maximum Gasteiger partial charge on any atom is 0.266 e. The Kier molecular flexibility index (Phi) is 4.85. The zero-order chi connectivity index (χ0) is 17.8. The monoisotopic (exact) mass is 362 g/mol. The molecule has 128 valence electrons. The first kappa shape index (κ1) is 16.8. The highest BCUT2D eigenvalue weighted by Gasteiger charge is 2.11. The van der Waals surface area contributed by atoms with Crippen LogP contribution in [0.4, 0.5) is 4.39 Å². The maximum absolute atomic E-state index is 13.0. The molecule has 0 aliphatic rings. The van der Waals surface area contributed by atoms with Gasteiger partial charge >= 0.3 is 0 Å². The van der Waals surface area contributed by atoms with Crippen LogP contribution in [-0.2, 0) is 6.54 Å². The number of hydrogen-bond donors (Lipinski definition) is 1. The lowest BCUT2D eigenvalue weighted by molar-refractivity contribution is 0.0952. The molecule has 25 heavy (non-hydrogen) atoms. The highest BCUT2D eigenvalue weighted by atomic mass is 35.5. The van der Waals surface area contributed by atoms with E-state index in [-0.39, 0.29) is 29.2 Å². The molecule has 0 bridgehead atoms. The van der Waals surface area contributed by atoms with Gasteiger partial charge in [0.15, 0.2) is 5.82 Å². The zero-order valence-electron chi connectivity index (χ0n) is 12.8. The van der Waals surface area contributed by atoms with Gasteiger partial charge in [-0.25, -0.2) is 18.7 Å². The summed E-state index contributed by atoms with van der Waals surface area (Å²) in [6.45, 7) is 0.284. The van der Waals surface area contributed by atoms with Crippen LogP contribution in [0.25, 0.3) is 5.82 Å². The van der Waals surface area contributed by atoms with Gasteiger partial charge in [-0.2, -0.15) is 5.10 Å². The van der Waals surface area contributed by atoms with E-state index in [2.05, 4.69) is 20.5 Å². The average molecular weight is 363 g/mol. The van der Waals surface area contributed by atoms with Crippen LogP contribution in [-0.4, -0.2) is 37.0 Å². The number of nitrogens with zero attached hydrogens (tertiary/aromatic N) is 5. The van der Waals surface area contributed by atoms with Gasteiger partial charge in [-0.05, 0) is 24.3 Å². The van der Waals surface area contributed by atoms with Crippen LogP contribution in [0.2, 0.25) is 5.02 Å². The second-order valence-electron chi connectivity index (χ2n) is 4.97. The Morgan fingerprint density at radius 2 is 2.12 bits per heavy atom. The number of benzene rings is 1. The molecule has 0 radical (unpaired) electrons. The molecule has 2 aromatic heterocycles. The summed E-state index contributed by atoms with van der Waals surface area (Å²) in [5.74, 6) is -0.572. The molecule has 0 spiro atoms. The number of carbonyl (C=O) groups excluding carboxylic acids is 1. The Morgan fingerprint density at radius 1 is 1.28 bits per heavy atom. The third kappa shape index (κ3) is 3.89. The molecule has 0 atom stereocenters. The molecule has 1 amide bonds. The van der Waals surface area contributed by atoms with Crippen molar-refractivity contribution in [1.29, 1.82) is 0 Å². The standard InChI is InChI=1S/C15H12ClFN6O2/c16-12-7-10(17)1-2-11(12)15(25)19-5-6-22-14(24)4-3-13(21-22)23-9-18-8-20-23/h1-4,7-9H,5-6H2,(H,19,25). The van der Waals surface area contributed by atoms with Gasteiger partial charge in [-0.3, -0.25) is 9.59 Å². The fourth-order valence-electron chi connectivity index (χ4n) is 2.09.